The molecule has 6 nitrogen and oxygen atoms in total. The van der Waals surface area contributed by atoms with E-state index < -0.39 is 0 Å². The molecule has 3 heterocycles. The van der Waals surface area contributed by atoms with E-state index >= 15 is 0 Å². The number of rotatable bonds is 5. The second-order valence-electron chi connectivity index (χ2n) is 6.32. The smallest absolute Gasteiger partial charge is 0.243 e. The molecular weight excluding hydrogens is 340 g/mol. The Kier molecular flexibility index (Phi) is 4.80. The number of carbonyl (C=O) groups is 1. The summed E-state index contributed by atoms with van der Waals surface area (Å²) in [6.45, 7) is 5.26. The quantitative estimate of drug-likeness (QED) is 0.685. The molecule has 2 N–H and O–H groups in total. The average molecular weight is 360 g/mol. The predicted molar refractivity (Wildman–Crippen MR) is 105 cm³/mol. The minimum atomic E-state index is -0.191. The van der Waals surface area contributed by atoms with Crippen molar-refractivity contribution in [2.75, 3.05) is 13.2 Å². The fourth-order valence-corrected chi connectivity index (χ4v) is 3.30. The number of carbonyl (C=O) groups excluding carboxylic acids is 1. The molecule has 1 amide bonds. The highest BCUT2D eigenvalue weighted by molar-refractivity contribution is 5.99. The molecule has 0 radical (unpaired) electrons. The molecule has 1 aliphatic rings. The van der Waals surface area contributed by atoms with Crippen molar-refractivity contribution in [1.29, 1.82) is 0 Å². The first-order chi connectivity index (χ1) is 13.3. The zero-order chi connectivity index (χ0) is 18.6. The standard InChI is InChI=1S/C21H20N4O2/c1-2-18(26)22-11-14-4-3-5-16(10-14)20-19-17(15-6-8-27-9-7-15)12-23-21(19)25-13-24-20/h2-6,10,12-13H,1,7-9,11H2,(H,22,26)(H,23,24,25). The summed E-state index contributed by atoms with van der Waals surface area (Å²) in [6.07, 6.45) is 7.82. The van der Waals surface area contributed by atoms with Gasteiger partial charge < -0.3 is 15.0 Å². The highest BCUT2D eigenvalue weighted by Crippen LogP contribution is 2.34. The van der Waals surface area contributed by atoms with E-state index in [-0.39, 0.29) is 5.91 Å². The van der Waals surface area contributed by atoms with Gasteiger partial charge in [0.15, 0.2) is 0 Å². The Morgan fingerprint density at radius 1 is 1.37 bits per heavy atom. The number of benzene rings is 1. The van der Waals surface area contributed by atoms with Crippen molar-refractivity contribution >= 4 is 22.5 Å². The van der Waals surface area contributed by atoms with Gasteiger partial charge in [0.1, 0.15) is 12.0 Å². The van der Waals surface area contributed by atoms with Gasteiger partial charge in [-0.25, -0.2) is 9.97 Å². The van der Waals surface area contributed by atoms with Gasteiger partial charge in [0, 0.05) is 23.9 Å². The number of amides is 1. The minimum Gasteiger partial charge on any atom is -0.377 e. The van der Waals surface area contributed by atoms with Gasteiger partial charge in [-0.15, -0.1) is 0 Å². The molecule has 6 heteroatoms. The van der Waals surface area contributed by atoms with Crippen molar-refractivity contribution in [2.24, 2.45) is 0 Å². The number of aromatic nitrogens is 3. The molecule has 0 aliphatic carbocycles. The molecule has 0 atom stereocenters. The van der Waals surface area contributed by atoms with E-state index in [0.29, 0.717) is 13.2 Å². The molecule has 4 rings (SSSR count). The molecule has 1 aromatic carbocycles. The number of hydrogen-bond acceptors (Lipinski definition) is 4. The maximum atomic E-state index is 11.4. The number of H-pyrrole nitrogens is 1. The predicted octanol–water partition coefficient (Wildman–Crippen LogP) is 3.23. The lowest BCUT2D eigenvalue weighted by Gasteiger charge is -2.14. The summed E-state index contributed by atoms with van der Waals surface area (Å²) in [5.74, 6) is -0.191. The summed E-state index contributed by atoms with van der Waals surface area (Å²) in [5.41, 5.74) is 6.04. The number of hydrogen-bond donors (Lipinski definition) is 2. The van der Waals surface area contributed by atoms with Crippen molar-refractivity contribution in [2.45, 2.75) is 13.0 Å². The lowest BCUT2D eigenvalue weighted by Crippen LogP contribution is -2.19. The van der Waals surface area contributed by atoms with E-state index in [9.17, 15) is 4.79 Å². The van der Waals surface area contributed by atoms with Crippen molar-refractivity contribution in [3.8, 4) is 11.3 Å². The summed E-state index contributed by atoms with van der Waals surface area (Å²) in [4.78, 5) is 23.6. The molecule has 0 bridgehead atoms. The van der Waals surface area contributed by atoms with E-state index in [0.717, 1.165) is 46.4 Å². The highest BCUT2D eigenvalue weighted by atomic mass is 16.5. The maximum Gasteiger partial charge on any atom is 0.243 e. The van der Waals surface area contributed by atoms with Crippen LogP contribution in [0.5, 0.6) is 0 Å². The molecule has 27 heavy (non-hydrogen) atoms. The Hall–Kier alpha value is -3.25. The molecule has 2 aromatic heterocycles. The number of nitrogens with zero attached hydrogens (tertiary/aromatic N) is 2. The van der Waals surface area contributed by atoms with Crippen LogP contribution in [-0.2, 0) is 16.1 Å². The van der Waals surface area contributed by atoms with Gasteiger partial charge in [-0.2, -0.15) is 0 Å². The summed E-state index contributed by atoms with van der Waals surface area (Å²) in [7, 11) is 0. The van der Waals surface area contributed by atoms with E-state index in [1.165, 1.54) is 11.6 Å². The van der Waals surface area contributed by atoms with E-state index in [4.69, 9.17) is 4.74 Å². The second-order valence-corrected chi connectivity index (χ2v) is 6.32. The maximum absolute atomic E-state index is 11.4. The van der Waals surface area contributed by atoms with Crippen LogP contribution in [0.4, 0.5) is 0 Å². The van der Waals surface area contributed by atoms with Crippen LogP contribution >= 0.6 is 0 Å². The Labute approximate surface area is 157 Å². The van der Waals surface area contributed by atoms with Gasteiger partial charge in [0.25, 0.3) is 0 Å². The number of nitrogens with one attached hydrogen (secondary N) is 2. The largest absolute Gasteiger partial charge is 0.377 e. The summed E-state index contributed by atoms with van der Waals surface area (Å²) in [5, 5.41) is 3.82. The topological polar surface area (TPSA) is 79.9 Å². The first kappa shape index (κ1) is 17.2. The van der Waals surface area contributed by atoms with Gasteiger partial charge in [0.2, 0.25) is 5.91 Å². The molecular formula is C21H20N4O2. The van der Waals surface area contributed by atoms with Gasteiger partial charge >= 0.3 is 0 Å². The SMILES string of the molecule is C=CC(=O)NCc1cccc(-c2ncnc3[nH]cc(C4=CCOCC4)c23)c1. The Morgan fingerprint density at radius 3 is 3.11 bits per heavy atom. The molecule has 0 saturated heterocycles. The summed E-state index contributed by atoms with van der Waals surface area (Å²) < 4.78 is 5.44. The number of fused-ring (bicyclic) bond motifs is 1. The average Bonchev–Trinajstić information content (AvgIpc) is 3.17. The van der Waals surface area contributed by atoms with Crippen LogP contribution in [0.1, 0.15) is 17.5 Å². The third-order valence-electron chi connectivity index (χ3n) is 4.63. The van der Waals surface area contributed by atoms with Gasteiger partial charge in [0.05, 0.1) is 24.3 Å². The molecule has 0 unspecified atom stereocenters. The fraction of sp³-hybridized carbons (Fsp3) is 0.190. The highest BCUT2D eigenvalue weighted by Gasteiger charge is 2.17. The zero-order valence-electron chi connectivity index (χ0n) is 14.9. The van der Waals surface area contributed by atoms with Crippen LogP contribution in [0.3, 0.4) is 0 Å². The molecule has 3 aromatic rings. The van der Waals surface area contributed by atoms with Crippen LogP contribution in [0.2, 0.25) is 0 Å². The normalized spacial score (nSPS) is 14.0. The number of aromatic amines is 1. The van der Waals surface area contributed by atoms with Crippen LogP contribution in [0.15, 0.2) is 55.5 Å². The molecule has 0 saturated carbocycles. The summed E-state index contributed by atoms with van der Waals surface area (Å²) in [6, 6.07) is 8.01. The van der Waals surface area contributed by atoms with Gasteiger partial charge in [-0.05, 0) is 29.7 Å². The van der Waals surface area contributed by atoms with Gasteiger partial charge in [-0.3, -0.25) is 4.79 Å². The first-order valence-corrected chi connectivity index (χ1v) is 8.85. The molecule has 1 aliphatic heterocycles. The van der Waals surface area contributed by atoms with E-state index in [2.05, 4.69) is 32.9 Å². The lowest BCUT2D eigenvalue weighted by atomic mass is 9.98. The minimum absolute atomic E-state index is 0.191. The van der Waals surface area contributed by atoms with Gasteiger partial charge in [-0.1, -0.05) is 30.9 Å². The van der Waals surface area contributed by atoms with E-state index in [1.54, 1.807) is 6.33 Å². The van der Waals surface area contributed by atoms with Crippen LogP contribution in [0.25, 0.3) is 27.9 Å². The molecule has 0 fully saturated rings. The third kappa shape index (κ3) is 3.52. The molecule has 0 spiro atoms. The zero-order valence-corrected chi connectivity index (χ0v) is 14.9. The van der Waals surface area contributed by atoms with Crippen molar-refractivity contribution in [3.63, 3.8) is 0 Å². The van der Waals surface area contributed by atoms with E-state index in [1.807, 2.05) is 30.5 Å². The summed E-state index contributed by atoms with van der Waals surface area (Å²) >= 11 is 0. The Morgan fingerprint density at radius 2 is 2.30 bits per heavy atom. The van der Waals surface area contributed by atoms with Crippen LogP contribution in [0, 0.1) is 0 Å². The van der Waals surface area contributed by atoms with Crippen molar-refractivity contribution in [1.82, 2.24) is 20.3 Å². The first-order valence-electron chi connectivity index (χ1n) is 8.85. The Bertz CT molecular complexity index is 1040. The second kappa shape index (κ2) is 7.55. The third-order valence-corrected chi connectivity index (χ3v) is 4.63. The molecule has 136 valence electrons. The van der Waals surface area contributed by atoms with Crippen molar-refractivity contribution < 1.29 is 9.53 Å². The monoisotopic (exact) mass is 360 g/mol. The fourth-order valence-electron chi connectivity index (χ4n) is 3.30. The lowest BCUT2D eigenvalue weighted by molar-refractivity contribution is -0.116. The Balaban J connectivity index is 1.75. The van der Waals surface area contributed by atoms with Crippen molar-refractivity contribution in [3.05, 3.63) is 66.6 Å². The van der Waals surface area contributed by atoms with Crippen LogP contribution < -0.4 is 5.32 Å². The number of ether oxygens (including phenoxy) is 1. The van der Waals surface area contributed by atoms with Crippen LogP contribution in [-0.4, -0.2) is 34.1 Å².